The van der Waals surface area contributed by atoms with Gasteiger partial charge in [0, 0.05) is 7.11 Å². The van der Waals surface area contributed by atoms with Gasteiger partial charge in [0.25, 0.3) is 0 Å². The highest BCUT2D eigenvalue weighted by atomic mass is 28.4. The van der Waals surface area contributed by atoms with E-state index in [9.17, 15) is 10.5 Å². The number of aromatic nitrogens is 2. The lowest BCUT2D eigenvalue weighted by atomic mass is 9.85. The molecule has 0 aliphatic heterocycles. The van der Waals surface area contributed by atoms with E-state index in [1.54, 1.807) is 43.5 Å². The second kappa shape index (κ2) is 9.15. The zero-order valence-electron chi connectivity index (χ0n) is 19.9. The average Bonchev–Trinajstić information content (AvgIpc) is 2.79. The molecule has 0 bridgehead atoms. The van der Waals surface area contributed by atoms with Crippen molar-refractivity contribution in [3.05, 3.63) is 89.0 Å². The Balaban J connectivity index is 2.27. The molecule has 0 fully saturated rings. The minimum absolute atomic E-state index is 0.0344. The monoisotopic (exact) mass is 456 g/mol. The predicted octanol–water partition coefficient (Wildman–Crippen LogP) is 5.54. The van der Waals surface area contributed by atoms with Crippen molar-refractivity contribution in [3.8, 4) is 17.9 Å². The van der Waals surface area contributed by atoms with Gasteiger partial charge in [-0.25, -0.2) is 9.97 Å². The van der Waals surface area contributed by atoms with E-state index in [1.807, 2.05) is 24.3 Å². The Labute approximate surface area is 196 Å². The molecule has 6 nitrogen and oxygen atoms in total. The average molecular weight is 457 g/mol. The number of hydrogen-bond donors (Lipinski definition) is 0. The molecule has 2 heterocycles. The van der Waals surface area contributed by atoms with Crippen LogP contribution >= 0.6 is 0 Å². The summed E-state index contributed by atoms with van der Waals surface area (Å²) in [5, 5.41) is 18.9. The van der Waals surface area contributed by atoms with Gasteiger partial charge in [0.2, 0.25) is 8.32 Å². The van der Waals surface area contributed by atoms with Crippen molar-refractivity contribution in [2.24, 2.45) is 0 Å². The van der Waals surface area contributed by atoms with E-state index >= 15 is 0 Å². The Hall–Kier alpha value is -3.52. The first-order valence-corrected chi connectivity index (χ1v) is 13.6. The van der Waals surface area contributed by atoms with Gasteiger partial charge in [-0.15, -0.1) is 0 Å². The second-order valence-electron chi connectivity index (χ2n) is 9.32. The Morgan fingerprint density at radius 3 is 1.79 bits per heavy atom. The van der Waals surface area contributed by atoms with Crippen LogP contribution in [0.4, 0.5) is 0 Å². The molecule has 168 valence electrons. The van der Waals surface area contributed by atoms with E-state index in [4.69, 9.17) is 9.16 Å². The molecule has 0 N–H and O–H groups in total. The third kappa shape index (κ3) is 4.66. The molecule has 0 saturated carbocycles. The van der Waals surface area contributed by atoms with Gasteiger partial charge in [0.05, 0.1) is 11.4 Å². The molecule has 0 aliphatic rings. The standard InChI is InChI=1S/C26H28N4O2Si/c1-25(2,3)33(5,6)32-22-13-7-10-19(16-22)26(31-4,23-14-8-11-20(17-27)29-23)24-15-9-12-21(18-28)30-24/h7-16H,1-6H3. The molecule has 0 aliphatic carbocycles. The second-order valence-corrected chi connectivity index (χ2v) is 14.0. The number of ether oxygens (including phenoxy) is 1. The zero-order valence-corrected chi connectivity index (χ0v) is 20.9. The largest absolute Gasteiger partial charge is 0.543 e. The van der Waals surface area contributed by atoms with Crippen LogP contribution in [0.25, 0.3) is 0 Å². The first-order valence-electron chi connectivity index (χ1n) is 10.7. The van der Waals surface area contributed by atoms with Crippen LogP contribution in [0.2, 0.25) is 18.1 Å². The fourth-order valence-electron chi connectivity index (χ4n) is 3.37. The van der Waals surface area contributed by atoms with Gasteiger partial charge in [-0.3, -0.25) is 0 Å². The molecule has 3 rings (SSSR count). The van der Waals surface area contributed by atoms with Gasteiger partial charge in [0.15, 0.2) is 5.60 Å². The van der Waals surface area contributed by atoms with Crippen molar-refractivity contribution >= 4 is 8.32 Å². The Morgan fingerprint density at radius 2 is 1.33 bits per heavy atom. The molecular formula is C26H28N4O2Si. The van der Waals surface area contributed by atoms with E-state index in [0.717, 1.165) is 11.3 Å². The summed E-state index contributed by atoms with van der Waals surface area (Å²) >= 11 is 0. The Morgan fingerprint density at radius 1 is 0.818 bits per heavy atom. The van der Waals surface area contributed by atoms with Crippen LogP contribution < -0.4 is 4.43 Å². The summed E-state index contributed by atoms with van der Waals surface area (Å²) in [6, 6.07) is 22.3. The lowest BCUT2D eigenvalue weighted by molar-refractivity contribution is 0.0509. The fraction of sp³-hybridized carbons (Fsp3) is 0.308. The Bertz CT molecular complexity index is 1180. The molecule has 0 radical (unpaired) electrons. The summed E-state index contributed by atoms with van der Waals surface area (Å²) in [6.07, 6.45) is 0. The summed E-state index contributed by atoms with van der Waals surface area (Å²) in [6.45, 7) is 11.0. The molecule has 3 aromatic rings. The van der Waals surface area contributed by atoms with Crippen molar-refractivity contribution in [1.29, 1.82) is 10.5 Å². The maximum Gasteiger partial charge on any atom is 0.250 e. The fourth-order valence-corrected chi connectivity index (χ4v) is 4.39. The van der Waals surface area contributed by atoms with E-state index in [-0.39, 0.29) is 16.4 Å². The molecular weight excluding hydrogens is 428 g/mol. The molecule has 0 unspecified atom stereocenters. The molecule has 7 heteroatoms. The quantitative estimate of drug-likeness (QED) is 0.452. The van der Waals surface area contributed by atoms with Gasteiger partial charge in [-0.2, -0.15) is 10.5 Å². The third-order valence-corrected chi connectivity index (χ3v) is 10.5. The summed E-state index contributed by atoms with van der Waals surface area (Å²) in [4.78, 5) is 9.09. The van der Waals surface area contributed by atoms with Gasteiger partial charge < -0.3 is 9.16 Å². The topological polar surface area (TPSA) is 91.8 Å². The molecule has 0 saturated heterocycles. The minimum Gasteiger partial charge on any atom is -0.543 e. The van der Waals surface area contributed by atoms with Crippen molar-refractivity contribution in [3.63, 3.8) is 0 Å². The number of hydrogen-bond acceptors (Lipinski definition) is 6. The lowest BCUT2D eigenvalue weighted by Crippen LogP contribution is -2.44. The van der Waals surface area contributed by atoms with Crippen LogP contribution in [0.15, 0.2) is 60.7 Å². The molecule has 0 spiro atoms. The van der Waals surface area contributed by atoms with Gasteiger partial charge in [0.1, 0.15) is 29.3 Å². The highest BCUT2D eigenvalue weighted by molar-refractivity contribution is 6.74. The van der Waals surface area contributed by atoms with Crippen molar-refractivity contribution in [1.82, 2.24) is 9.97 Å². The molecule has 0 amide bonds. The van der Waals surface area contributed by atoms with Gasteiger partial charge >= 0.3 is 0 Å². The SMILES string of the molecule is COC(c1cccc(O[Si](C)(C)C(C)(C)C)c1)(c1cccc(C#N)n1)c1cccc(C#N)n1. The van der Waals surface area contributed by atoms with E-state index in [0.29, 0.717) is 11.4 Å². The number of methoxy groups -OCH3 is 1. The lowest BCUT2D eigenvalue weighted by Gasteiger charge is -2.37. The summed E-state index contributed by atoms with van der Waals surface area (Å²) in [5.74, 6) is 0.730. The van der Waals surface area contributed by atoms with E-state index in [2.05, 4.69) is 56.0 Å². The predicted molar refractivity (Wildman–Crippen MR) is 129 cm³/mol. The summed E-state index contributed by atoms with van der Waals surface area (Å²) in [5.41, 5.74) is 1.02. The van der Waals surface area contributed by atoms with Crippen LogP contribution in [0.1, 0.15) is 49.1 Å². The van der Waals surface area contributed by atoms with Crippen LogP contribution in [-0.2, 0) is 10.3 Å². The van der Waals surface area contributed by atoms with E-state index in [1.165, 1.54) is 0 Å². The van der Waals surface area contributed by atoms with Crippen molar-refractivity contribution in [2.75, 3.05) is 7.11 Å². The van der Waals surface area contributed by atoms with Crippen molar-refractivity contribution < 1.29 is 9.16 Å². The third-order valence-electron chi connectivity index (χ3n) is 6.17. The van der Waals surface area contributed by atoms with E-state index < -0.39 is 13.9 Å². The van der Waals surface area contributed by atoms with Crippen LogP contribution in [-0.4, -0.2) is 25.4 Å². The van der Waals surface area contributed by atoms with Crippen molar-refractivity contribution in [2.45, 2.75) is 44.5 Å². The normalized spacial score (nSPS) is 12.0. The number of nitrogens with zero attached hydrogens (tertiary/aromatic N) is 4. The minimum atomic E-state index is -2.08. The zero-order chi connectivity index (χ0) is 24.3. The maximum absolute atomic E-state index is 9.44. The first kappa shape index (κ1) is 24.1. The Kier molecular flexibility index (Phi) is 6.69. The van der Waals surface area contributed by atoms with Gasteiger partial charge in [-0.05, 0) is 60.1 Å². The molecule has 33 heavy (non-hydrogen) atoms. The summed E-state index contributed by atoms with van der Waals surface area (Å²) in [7, 11) is -0.512. The molecule has 0 atom stereocenters. The molecule has 2 aromatic heterocycles. The molecule has 1 aromatic carbocycles. The number of rotatable bonds is 6. The smallest absolute Gasteiger partial charge is 0.250 e. The highest BCUT2D eigenvalue weighted by Gasteiger charge is 2.42. The van der Waals surface area contributed by atoms with Gasteiger partial charge in [-0.1, -0.05) is 45.0 Å². The van der Waals surface area contributed by atoms with Crippen LogP contribution in [0.5, 0.6) is 5.75 Å². The number of benzene rings is 1. The van der Waals surface area contributed by atoms with Crippen LogP contribution in [0, 0.1) is 22.7 Å². The van der Waals surface area contributed by atoms with Crippen LogP contribution in [0.3, 0.4) is 0 Å². The first-order chi connectivity index (χ1) is 15.6. The maximum atomic E-state index is 9.44. The number of pyridine rings is 2. The highest BCUT2D eigenvalue weighted by Crippen LogP contribution is 2.41. The summed E-state index contributed by atoms with van der Waals surface area (Å²) < 4.78 is 12.7. The number of nitriles is 2.